The summed E-state index contributed by atoms with van der Waals surface area (Å²) in [7, 11) is 1.39. The van der Waals surface area contributed by atoms with Crippen LogP contribution in [0.5, 0.6) is 0 Å². The van der Waals surface area contributed by atoms with Gasteiger partial charge in [-0.1, -0.05) is 47.0 Å². The summed E-state index contributed by atoms with van der Waals surface area (Å²) in [6, 6.07) is 0. The molecule has 2 rings (SSSR count). The summed E-state index contributed by atoms with van der Waals surface area (Å²) < 4.78 is 4.84. The maximum Gasteiger partial charge on any atom is 0.305 e. The van der Waals surface area contributed by atoms with Crippen molar-refractivity contribution in [3.05, 3.63) is 0 Å². The van der Waals surface area contributed by atoms with Gasteiger partial charge in [-0.2, -0.15) is 0 Å². The molecule has 0 aromatic heterocycles. The van der Waals surface area contributed by atoms with E-state index in [0.717, 1.165) is 25.2 Å². The number of rotatable bonds is 7. The maximum absolute atomic E-state index is 11.8. The lowest BCUT2D eigenvalue weighted by Gasteiger charge is -2.48. The Morgan fingerprint density at radius 1 is 1.20 bits per heavy atom. The third-order valence-electron chi connectivity index (χ3n) is 7.21. The van der Waals surface area contributed by atoms with Crippen molar-refractivity contribution in [2.24, 2.45) is 35.0 Å². The van der Waals surface area contributed by atoms with Crippen molar-refractivity contribution in [1.29, 1.82) is 0 Å². The van der Waals surface area contributed by atoms with E-state index in [1.54, 1.807) is 0 Å². The second-order valence-electron chi connectivity index (χ2n) is 9.29. The minimum atomic E-state index is -0.512. The normalized spacial score (nSPS) is 39.3. The second-order valence-corrected chi connectivity index (χ2v) is 9.29. The molecular weight excluding hydrogens is 316 g/mol. The lowest BCUT2D eigenvalue weighted by molar-refractivity contribution is -0.148. The van der Waals surface area contributed by atoms with E-state index in [-0.39, 0.29) is 29.6 Å². The predicted octanol–water partition coefficient (Wildman–Crippen LogP) is 3.79. The summed E-state index contributed by atoms with van der Waals surface area (Å²) >= 11 is 0. The van der Waals surface area contributed by atoms with Crippen LogP contribution in [0, 0.1) is 35.0 Å². The highest BCUT2D eigenvalue weighted by Crippen LogP contribution is 2.60. The first kappa shape index (κ1) is 20.7. The molecule has 0 aliphatic heterocycles. The Balaban J connectivity index is 2.12. The highest BCUT2D eigenvalue weighted by atomic mass is 16.5. The molecule has 0 unspecified atom stereocenters. The Bertz CT molecular complexity index is 449. The number of aliphatic hydroxyl groups excluding tert-OH is 2. The van der Waals surface area contributed by atoms with Gasteiger partial charge in [-0.3, -0.25) is 4.79 Å². The molecule has 4 nitrogen and oxygen atoms in total. The van der Waals surface area contributed by atoms with Gasteiger partial charge in [0, 0.05) is 5.92 Å². The summed E-state index contributed by atoms with van der Waals surface area (Å²) in [6.45, 7) is 9.14. The van der Waals surface area contributed by atoms with Crippen molar-refractivity contribution in [3.8, 4) is 0 Å². The van der Waals surface area contributed by atoms with E-state index in [9.17, 15) is 15.0 Å². The molecule has 0 aromatic rings. The Labute approximate surface area is 153 Å². The molecule has 25 heavy (non-hydrogen) atoms. The third kappa shape index (κ3) is 4.39. The molecule has 0 spiro atoms. The highest BCUT2D eigenvalue weighted by Gasteiger charge is 2.58. The van der Waals surface area contributed by atoms with E-state index in [0.29, 0.717) is 11.8 Å². The van der Waals surface area contributed by atoms with Crippen LogP contribution in [-0.4, -0.2) is 35.5 Å². The number of hydrogen-bond acceptors (Lipinski definition) is 4. The number of fused-ring (bicyclic) bond motifs is 1. The molecule has 7 atom stereocenters. The lowest BCUT2D eigenvalue weighted by atomic mass is 9.57. The van der Waals surface area contributed by atoms with Gasteiger partial charge in [-0.15, -0.1) is 0 Å². The fraction of sp³-hybridized carbons (Fsp3) is 0.952. The minimum Gasteiger partial charge on any atom is -0.469 e. The Morgan fingerprint density at radius 2 is 1.88 bits per heavy atom. The van der Waals surface area contributed by atoms with Crippen LogP contribution in [-0.2, 0) is 9.53 Å². The van der Waals surface area contributed by atoms with Gasteiger partial charge in [0.1, 0.15) is 0 Å². The van der Waals surface area contributed by atoms with Crippen molar-refractivity contribution in [2.45, 2.75) is 84.8 Å². The van der Waals surface area contributed by atoms with Crippen molar-refractivity contribution >= 4 is 5.97 Å². The number of carbonyl (C=O) groups excluding carboxylic acids is 1. The van der Waals surface area contributed by atoms with Gasteiger partial charge < -0.3 is 14.9 Å². The van der Waals surface area contributed by atoms with E-state index in [1.807, 2.05) is 0 Å². The standard InChI is InChI=1S/C21H38O4/c1-13(2)7-6-8-14(3)16-12-18(23)20-15(11-19(24)25-5)17(22)9-10-21(16,20)4/h13-18,20,22-23H,6-12H2,1-5H3/t14-,15-,16-,17-,18+,20+,21-/m1/s1. The topological polar surface area (TPSA) is 66.8 Å². The maximum atomic E-state index is 11.8. The van der Waals surface area contributed by atoms with Gasteiger partial charge in [-0.25, -0.2) is 0 Å². The highest BCUT2D eigenvalue weighted by molar-refractivity contribution is 5.69. The smallest absolute Gasteiger partial charge is 0.305 e. The molecule has 2 N–H and O–H groups in total. The second kappa shape index (κ2) is 8.39. The largest absolute Gasteiger partial charge is 0.469 e. The van der Waals surface area contributed by atoms with Crippen LogP contribution in [0.3, 0.4) is 0 Å². The summed E-state index contributed by atoms with van der Waals surface area (Å²) in [6.07, 6.45) is 5.42. The van der Waals surface area contributed by atoms with Crippen molar-refractivity contribution < 1.29 is 19.7 Å². The number of ether oxygens (including phenoxy) is 1. The molecule has 0 saturated heterocycles. The molecule has 146 valence electrons. The van der Waals surface area contributed by atoms with Gasteiger partial charge in [0.15, 0.2) is 0 Å². The monoisotopic (exact) mass is 354 g/mol. The fourth-order valence-electron chi connectivity index (χ4n) is 5.87. The van der Waals surface area contributed by atoms with E-state index in [1.165, 1.54) is 26.4 Å². The number of hydrogen-bond donors (Lipinski definition) is 2. The molecule has 2 aliphatic rings. The fourth-order valence-corrected chi connectivity index (χ4v) is 5.87. The van der Waals surface area contributed by atoms with Crippen molar-refractivity contribution in [3.63, 3.8) is 0 Å². The quantitative estimate of drug-likeness (QED) is 0.683. The first-order chi connectivity index (χ1) is 11.7. The molecule has 0 heterocycles. The number of methoxy groups -OCH3 is 1. The minimum absolute atomic E-state index is 0.00658. The zero-order chi connectivity index (χ0) is 18.8. The van der Waals surface area contributed by atoms with Gasteiger partial charge in [0.05, 0.1) is 25.7 Å². The van der Waals surface area contributed by atoms with Gasteiger partial charge in [0.25, 0.3) is 0 Å². The Hall–Kier alpha value is -0.610. The van der Waals surface area contributed by atoms with Crippen LogP contribution in [0.4, 0.5) is 0 Å². The average molecular weight is 355 g/mol. The summed E-state index contributed by atoms with van der Waals surface area (Å²) in [5.74, 6) is 1.29. The van der Waals surface area contributed by atoms with E-state index in [2.05, 4.69) is 27.7 Å². The lowest BCUT2D eigenvalue weighted by Crippen LogP contribution is -2.48. The Kier molecular flexibility index (Phi) is 6.94. The van der Waals surface area contributed by atoms with Gasteiger partial charge >= 0.3 is 5.97 Å². The van der Waals surface area contributed by atoms with Crippen LogP contribution in [0.15, 0.2) is 0 Å². The molecule has 0 radical (unpaired) electrons. The van der Waals surface area contributed by atoms with Crippen molar-refractivity contribution in [1.82, 2.24) is 0 Å². The van der Waals surface area contributed by atoms with Crippen LogP contribution in [0.25, 0.3) is 0 Å². The zero-order valence-corrected chi connectivity index (χ0v) is 16.7. The molecular formula is C21H38O4. The SMILES string of the molecule is COC(=O)C[C@H]1[C@H]2[C@@H](O)C[C@H]([C@H](C)CCCC(C)C)[C@@]2(C)CC[C@H]1O. The Morgan fingerprint density at radius 3 is 2.48 bits per heavy atom. The third-order valence-corrected chi connectivity index (χ3v) is 7.21. The van der Waals surface area contributed by atoms with Crippen LogP contribution >= 0.6 is 0 Å². The summed E-state index contributed by atoms with van der Waals surface area (Å²) in [4.78, 5) is 11.8. The molecule has 4 heteroatoms. The zero-order valence-electron chi connectivity index (χ0n) is 16.7. The molecule has 2 aliphatic carbocycles. The van der Waals surface area contributed by atoms with Crippen LogP contribution in [0.1, 0.15) is 72.6 Å². The molecule has 0 bridgehead atoms. The summed E-state index contributed by atoms with van der Waals surface area (Å²) in [5.41, 5.74) is 0.00851. The number of aliphatic hydroxyl groups is 2. The molecule has 2 fully saturated rings. The summed E-state index contributed by atoms with van der Waals surface area (Å²) in [5, 5.41) is 21.3. The first-order valence-electron chi connectivity index (χ1n) is 10.1. The molecule has 2 saturated carbocycles. The molecule has 0 aromatic carbocycles. The van der Waals surface area contributed by atoms with E-state index in [4.69, 9.17) is 4.74 Å². The van der Waals surface area contributed by atoms with Gasteiger partial charge in [-0.05, 0) is 48.3 Å². The van der Waals surface area contributed by atoms with E-state index < -0.39 is 12.2 Å². The van der Waals surface area contributed by atoms with Crippen LogP contribution < -0.4 is 0 Å². The van der Waals surface area contributed by atoms with Gasteiger partial charge in [0.2, 0.25) is 0 Å². The predicted molar refractivity (Wildman–Crippen MR) is 98.9 cm³/mol. The van der Waals surface area contributed by atoms with Crippen LogP contribution in [0.2, 0.25) is 0 Å². The number of carbonyl (C=O) groups is 1. The number of esters is 1. The average Bonchev–Trinajstić information content (AvgIpc) is 2.81. The molecule has 0 amide bonds. The first-order valence-corrected chi connectivity index (χ1v) is 10.1. The van der Waals surface area contributed by atoms with Crippen molar-refractivity contribution in [2.75, 3.05) is 7.11 Å². The van der Waals surface area contributed by atoms with E-state index >= 15 is 0 Å².